The van der Waals surface area contributed by atoms with Gasteiger partial charge in [0.05, 0.1) is 20.1 Å². The Morgan fingerprint density at radius 1 is 0.548 bits per heavy atom. The van der Waals surface area contributed by atoms with Gasteiger partial charge in [0.15, 0.2) is 5.78 Å². The number of ketones is 1. The zero-order chi connectivity index (χ0) is 23.2. The van der Waals surface area contributed by atoms with E-state index in [-0.39, 0.29) is 0 Å². The van der Waals surface area contributed by atoms with Gasteiger partial charge in [-0.1, -0.05) is 117 Å². The molecule has 2 heteroatoms. The number of likely N-dealkylation sites (N-methyl/N-ethyl adjacent to an activating group) is 1. The number of quaternary nitrogens is 1. The molecular weight excluding hydrogens is 378 g/mol. The molecule has 0 aliphatic rings. The number of carbonyl (C=O) groups excluding carboxylic acids is 1. The maximum atomic E-state index is 12.7. The summed E-state index contributed by atoms with van der Waals surface area (Å²) in [5.41, 5.74) is 0. The summed E-state index contributed by atoms with van der Waals surface area (Å²) in [4.78, 5) is 12.7. The molecule has 0 saturated carbocycles. The minimum absolute atomic E-state index is 0.493. The maximum Gasteiger partial charge on any atom is 0.186 e. The summed E-state index contributed by atoms with van der Waals surface area (Å²) in [6.45, 7) is 7.59. The van der Waals surface area contributed by atoms with Crippen LogP contribution in [-0.2, 0) is 4.79 Å². The first-order valence-electron chi connectivity index (χ1n) is 14.3. The van der Waals surface area contributed by atoms with E-state index >= 15 is 0 Å². The highest BCUT2D eigenvalue weighted by Crippen LogP contribution is 2.22. The van der Waals surface area contributed by atoms with Crippen molar-refractivity contribution in [3.8, 4) is 0 Å². The lowest BCUT2D eigenvalue weighted by molar-refractivity contribution is -0.908. The van der Waals surface area contributed by atoms with Gasteiger partial charge in [0, 0.05) is 6.42 Å². The van der Waals surface area contributed by atoms with Crippen LogP contribution in [0.1, 0.15) is 156 Å². The predicted octanol–water partition coefficient (Wildman–Crippen LogP) is 9.25. The smallest absolute Gasteiger partial charge is 0.186 e. The summed E-state index contributed by atoms with van der Waals surface area (Å²) in [5.74, 6) is 0.493. The van der Waals surface area contributed by atoms with Crippen LogP contribution in [0.3, 0.4) is 0 Å². The fraction of sp³-hybridized carbons (Fsp3) is 0.966. The Bertz CT molecular complexity index is 390. The van der Waals surface area contributed by atoms with Gasteiger partial charge in [0.2, 0.25) is 0 Å². The lowest BCUT2D eigenvalue weighted by Gasteiger charge is -2.38. The topological polar surface area (TPSA) is 17.1 Å². The van der Waals surface area contributed by atoms with Crippen molar-refractivity contribution in [3.05, 3.63) is 0 Å². The minimum Gasteiger partial charge on any atom is -0.320 e. The first-order chi connectivity index (χ1) is 15.0. The quantitative estimate of drug-likeness (QED) is 0.108. The molecular formula is C29H60NO+. The molecule has 186 valence electrons. The first-order valence-corrected chi connectivity index (χ1v) is 14.3. The lowest BCUT2D eigenvalue weighted by atomic mass is 9.98. The summed E-state index contributed by atoms with van der Waals surface area (Å²) >= 11 is 0. The molecule has 0 amide bonds. The molecule has 0 heterocycles. The first kappa shape index (κ1) is 30.6. The van der Waals surface area contributed by atoms with Crippen molar-refractivity contribution in [2.45, 2.75) is 162 Å². The van der Waals surface area contributed by atoms with Crippen LogP contribution in [0.25, 0.3) is 0 Å². The SMILES string of the molecule is CCCCCCCCCCCC(CCCC)[N+](C)(C)CC(=O)CCCCCCCCC. The van der Waals surface area contributed by atoms with E-state index in [4.69, 9.17) is 0 Å². The van der Waals surface area contributed by atoms with Crippen molar-refractivity contribution < 1.29 is 9.28 Å². The Morgan fingerprint density at radius 3 is 1.42 bits per heavy atom. The van der Waals surface area contributed by atoms with Crippen LogP contribution < -0.4 is 0 Å². The maximum absolute atomic E-state index is 12.7. The van der Waals surface area contributed by atoms with Crippen LogP contribution >= 0.6 is 0 Å². The van der Waals surface area contributed by atoms with Crippen molar-refractivity contribution >= 4 is 5.78 Å². The zero-order valence-corrected chi connectivity index (χ0v) is 22.5. The molecule has 0 bridgehead atoms. The van der Waals surface area contributed by atoms with E-state index in [0.29, 0.717) is 11.8 Å². The van der Waals surface area contributed by atoms with Crippen molar-refractivity contribution in [1.82, 2.24) is 0 Å². The molecule has 0 aromatic heterocycles. The Balaban J connectivity index is 4.13. The third kappa shape index (κ3) is 18.9. The number of Topliss-reactive ketones (excluding diaryl/α,β-unsaturated/α-hetero) is 1. The number of nitrogens with zero attached hydrogens (tertiary/aromatic N) is 1. The van der Waals surface area contributed by atoms with E-state index in [1.807, 2.05) is 0 Å². The average molecular weight is 439 g/mol. The summed E-state index contributed by atoms with van der Waals surface area (Å²) in [6.07, 6.45) is 27.5. The molecule has 0 aromatic carbocycles. The molecule has 0 fully saturated rings. The molecule has 0 aliphatic carbocycles. The van der Waals surface area contributed by atoms with Gasteiger partial charge in [-0.2, -0.15) is 0 Å². The van der Waals surface area contributed by atoms with E-state index in [2.05, 4.69) is 34.9 Å². The number of hydrogen-bond acceptors (Lipinski definition) is 1. The molecule has 2 nitrogen and oxygen atoms in total. The summed E-state index contributed by atoms with van der Waals surface area (Å²) < 4.78 is 0.909. The van der Waals surface area contributed by atoms with E-state index in [1.54, 1.807) is 0 Å². The third-order valence-corrected chi connectivity index (χ3v) is 7.16. The van der Waals surface area contributed by atoms with Gasteiger partial charge in [-0.25, -0.2) is 0 Å². The second kappa shape index (κ2) is 21.5. The fourth-order valence-corrected chi connectivity index (χ4v) is 4.92. The van der Waals surface area contributed by atoms with E-state index in [0.717, 1.165) is 23.9 Å². The van der Waals surface area contributed by atoms with Crippen LogP contribution in [0.15, 0.2) is 0 Å². The van der Waals surface area contributed by atoms with Gasteiger partial charge in [-0.15, -0.1) is 0 Å². The highest BCUT2D eigenvalue weighted by molar-refractivity contribution is 5.79. The molecule has 1 unspecified atom stereocenters. The number of rotatable bonds is 24. The standard InChI is InChI=1S/C29H60NO/c1-6-9-12-14-16-17-19-20-22-25-28(24-11-8-3)30(4,5)27-29(31)26-23-21-18-15-13-10-7-2/h28H,6-27H2,1-5H3/q+1. The van der Waals surface area contributed by atoms with Gasteiger partial charge in [0.1, 0.15) is 6.54 Å². The Labute approximate surface area is 197 Å². The second-order valence-corrected chi connectivity index (χ2v) is 10.8. The van der Waals surface area contributed by atoms with Crippen LogP contribution in [0.2, 0.25) is 0 Å². The van der Waals surface area contributed by atoms with Gasteiger partial charge in [-0.3, -0.25) is 4.79 Å². The Morgan fingerprint density at radius 2 is 0.935 bits per heavy atom. The van der Waals surface area contributed by atoms with E-state index < -0.39 is 0 Å². The van der Waals surface area contributed by atoms with Gasteiger partial charge < -0.3 is 4.48 Å². The number of unbranched alkanes of at least 4 members (excludes halogenated alkanes) is 15. The molecule has 0 N–H and O–H groups in total. The molecule has 31 heavy (non-hydrogen) atoms. The van der Waals surface area contributed by atoms with Crippen molar-refractivity contribution in [2.75, 3.05) is 20.6 Å². The fourth-order valence-electron chi connectivity index (χ4n) is 4.92. The summed E-state index contributed by atoms with van der Waals surface area (Å²) in [6, 6.07) is 0.655. The highest BCUT2D eigenvalue weighted by Gasteiger charge is 2.29. The highest BCUT2D eigenvalue weighted by atomic mass is 16.1. The number of hydrogen-bond donors (Lipinski definition) is 0. The van der Waals surface area contributed by atoms with E-state index in [1.165, 1.54) is 122 Å². The Hall–Kier alpha value is -0.370. The van der Waals surface area contributed by atoms with Crippen LogP contribution in [0, 0.1) is 0 Å². The molecule has 0 saturated heterocycles. The Kier molecular flexibility index (Phi) is 21.2. The van der Waals surface area contributed by atoms with Crippen LogP contribution in [0.5, 0.6) is 0 Å². The molecule has 0 aliphatic heterocycles. The molecule has 0 radical (unpaired) electrons. The minimum atomic E-state index is 0.493. The van der Waals surface area contributed by atoms with Crippen molar-refractivity contribution in [1.29, 1.82) is 0 Å². The van der Waals surface area contributed by atoms with Crippen molar-refractivity contribution in [3.63, 3.8) is 0 Å². The largest absolute Gasteiger partial charge is 0.320 e. The zero-order valence-electron chi connectivity index (χ0n) is 22.5. The van der Waals surface area contributed by atoms with Gasteiger partial charge in [-0.05, 0) is 32.1 Å². The third-order valence-electron chi connectivity index (χ3n) is 7.16. The summed E-state index contributed by atoms with van der Waals surface area (Å²) in [7, 11) is 4.63. The lowest BCUT2D eigenvalue weighted by Crippen LogP contribution is -2.51. The molecule has 0 rings (SSSR count). The van der Waals surface area contributed by atoms with Crippen LogP contribution in [0.4, 0.5) is 0 Å². The van der Waals surface area contributed by atoms with Gasteiger partial charge >= 0.3 is 0 Å². The van der Waals surface area contributed by atoms with E-state index in [9.17, 15) is 4.79 Å². The molecule has 1 atom stereocenters. The second-order valence-electron chi connectivity index (χ2n) is 10.8. The predicted molar refractivity (Wildman–Crippen MR) is 140 cm³/mol. The van der Waals surface area contributed by atoms with Crippen molar-refractivity contribution in [2.24, 2.45) is 0 Å². The monoisotopic (exact) mass is 438 g/mol. The average Bonchev–Trinajstić information content (AvgIpc) is 2.73. The molecule has 0 spiro atoms. The number of carbonyl (C=O) groups is 1. The summed E-state index contributed by atoms with van der Waals surface area (Å²) in [5, 5.41) is 0. The normalized spacial score (nSPS) is 12.9. The van der Waals surface area contributed by atoms with Gasteiger partial charge in [0.25, 0.3) is 0 Å². The van der Waals surface area contributed by atoms with Crippen LogP contribution in [-0.4, -0.2) is 36.9 Å². The molecule has 0 aromatic rings.